The molecule has 0 aromatic rings. The number of aliphatic carboxylic acids is 1. The molecule has 0 aromatic heterocycles. The van der Waals surface area contributed by atoms with E-state index in [0.29, 0.717) is 19.4 Å². The summed E-state index contributed by atoms with van der Waals surface area (Å²) in [5, 5.41) is 8.81. The minimum Gasteiger partial charge on any atom is -0.480 e. The van der Waals surface area contributed by atoms with Crippen molar-refractivity contribution in [2.45, 2.75) is 24.8 Å². The van der Waals surface area contributed by atoms with E-state index in [1.54, 1.807) is 0 Å². The van der Waals surface area contributed by atoms with Gasteiger partial charge < -0.3 is 16.6 Å². The van der Waals surface area contributed by atoms with Crippen LogP contribution in [0.3, 0.4) is 0 Å². The number of hydrogen-bond donors (Lipinski definition) is 3. The standard InChI is InChI=1S/C9H16N2O2/c1-2-5-9(11,8(12)13)6-3-4-7-10/h5H,1,3-4,6-7,10-11H2,(H,12,13)/t9-/m0/s1. The second kappa shape index (κ2) is 5.54. The molecule has 74 valence electrons. The third kappa shape index (κ3) is 3.90. The van der Waals surface area contributed by atoms with Gasteiger partial charge in [-0.2, -0.15) is 0 Å². The maximum atomic E-state index is 10.8. The fourth-order valence-electron chi connectivity index (χ4n) is 0.985. The average Bonchev–Trinajstić information content (AvgIpc) is 2.05. The first-order valence-corrected chi connectivity index (χ1v) is 4.16. The third-order valence-corrected chi connectivity index (χ3v) is 1.80. The lowest BCUT2D eigenvalue weighted by molar-refractivity contribution is -0.141. The fourth-order valence-corrected chi connectivity index (χ4v) is 0.985. The molecule has 0 spiro atoms. The highest BCUT2D eigenvalue weighted by Crippen LogP contribution is 2.12. The lowest BCUT2D eigenvalue weighted by atomic mass is 9.94. The lowest BCUT2D eigenvalue weighted by Crippen LogP contribution is -2.45. The molecular formula is C9H16N2O2. The first-order valence-electron chi connectivity index (χ1n) is 4.16. The maximum Gasteiger partial charge on any atom is 0.328 e. The van der Waals surface area contributed by atoms with Crippen molar-refractivity contribution in [1.29, 1.82) is 0 Å². The molecule has 0 saturated carbocycles. The predicted octanol–water partition coefficient (Wildman–Crippen LogP) is 0.239. The Kier molecular flexibility index (Phi) is 5.07. The Labute approximate surface area is 77.9 Å². The molecular weight excluding hydrogens is 168 g/mol. The second-order valence-electron chi connectivity index (χ2n) is 2.94. The smallest absolute Gasteiger partial charge is 0.328 e. The normalized spacial score (nSPS) is 14.3. The van der Waals surface area contributed by atoms with E-state index in [9.17, 15) is 4.79 Å². The van der Waals surface area contributed by atoms with E-state index in [1.807, 2.05) is 0 Å². The zero-order valence-corrected chi connectivity index (χ0v) is 7.62. The Morgan fingerprint density at radius 1 is 1.62 bits per heavy atom. The van der Waals surface area contributed by atoms with Crippen LogP contribution in [0.1, 0.15) is 19.3 Å². The van der Waals surface area contributed by atoms with Gasteiger partial charge in [0, 0.05) is 0 Å². The summed E-state index contributed by atoms with van der Waals surface area (Å²) < 4.78 is 0. The SMILES string of the molecule is C=C=C[C@](N)(CCCCN)C(=O)O. The molecule has 0 heterocycles. The number of rotatable bonds is 6. The summed E-state index contributed by atoms with van der Waals surface area (Å²) in [6.45, 7) is 3.86. The van der Waals surface area contributed by atoms with E-state index in [-0.39, 0.29) is 0 Å². The van der Waals surface area contributed by atoms with Gasteiger partial charge in [0.25, 0.3) is 0 Å². The van der Waals surface area contributed by atoms with Crippen LogP contribution in [0.4, 0.5) is 0 Å². The minimum absolute atomic E-state index is 0.363. The number of carboxylic acid groups (broad SMARTS) is 1. The van der Waals surface area contributed by atoms with Crippen LogP contribution in [0.15, 0.2) is 18.4 Å². The third-order valence-electron chi connectivity index (χ3n) is 1.80. The van der Waals surface area contributed by atoms with Crippen molar-refractivity contribution >= 4 is 5.97 Å². The van der Waals surface area contributed by atoms with E-state index >= 15 is 0 Å². The highest BCUT2D eigenvalue weighted by Gasteiger charge is 2.29. The van der Waals surface area contributed by atoms with Gasteiger partial charge in [-0.15, -0.1) is 5.73 Å². The van der Waals surface area contributed by atoms with Gasteiger partial charge in [-0.25, -0.2) is 4.79 Å². The van der Waals surface area contributed by atoms with E-state index in [4.69, 9.17) is 16.6 Å². The van der Waals surface area contributed by atoms with Crippen molar-refractivity contribution in [2.24, 2.45) is 11.5 Å². The largest absolute Gasteiger partial charge is 0.480 e. The highest BCUT2D eigenvalue weighted by atomic mass is 16.4. The van der Waals surface area contributed by atoms with Gasteiger partial charge in [0.1, 0.15) is 5.54 Å². The maximum absolute atomic E-state index is 10.8. The Balaban J connectivity index is 4.25. The quantitative estimate of drug-likeness (QED) is 0.407. The number of hydrogen-bond acceptors (Lipinski definition) is 3. The fraction of sp³-hybridized carbons (Fsp3) is 0.556. The van der Waals surface area contributed by atoms with E-state index < -0.39 is 11.5 Å². The van der Waals surface area contributed by atoms with Crippen molar-refractivity contribution in [1.82, 2.24) is 0 Å². The number of nitrogens with two attached hydrogens (primary N) is 2. The molecule has 0 unspecified atom stereocenters. The lowest BCUT2D eigenvalue weighted by Gasteiger charge is -2.19. The van der Waals surface area contributed by atoms with Crippen LogP contribution in [0.2, 0.25) is 0 Å². The van der Waals surface area contributed by atoms with Gasteiger partial charge in [0.2, 0.25) is 0 Å². The first-order chi connectivity index (χ1) is 6.06. The van der Waals surface area contributed by atoms with Crippen LogP contribution in [0.25, 0.3) is 0 Å². The summed E-state index contributed by atoms with van der Waals surface area (Å²) in [4.78, 5) is 10.8. The Morgan fingerprint density at radius 3 is 2.62 bits per heavy atom. The van der Waals surface area contributed by atoms with Crippen LogP contribution in [-0.2, 0) is 4.79 Å². The van der Waals surface area contributed by atoms with Crippen LogP contribution < -0.4 is 11.5 Å². The minimum atomic E-state index is -1.34. The van der Waals surface area contributed by atoms with Crippen molar-refractivity contribution in [3.05, 3.63) is 18.4 Å². The molecule has 4 heteroatoms. The summed E-state index contributed by atoms with van der Waals surface area (Å²) in [5.74, 6) is -1.05. The van der Waals surface area contributed by atoms with Crippen molar-refractivity contribution in [3.63, 3.8) is 0 Å². The number of carbonyl (C=O) groups is 1. The van der Waals surface area contributed by atoms with Crippen molar-refractivity contribution in [2.75, 3.05) is 6.54 Å². The molecule has 5 N–H and O–H groups in total. The van der Waals surface area contributed by atoms with Crippen molar-refractivity contribution < 1.29 is 9.90 Å². The average molecular weight is 184 g/mol. The Hall–Kier alpha value is -1.09. The Bertz CT molecular complexity index is 218. The van der Waals surface area contributed by atoms with Gasteiger partial charge >= 0.3 is 5.97 Å². The van der Waals surface area contributed by atoms with E-state index in [2.05, 4.69) is 12.3 Å². The predicted molar refractivity (Wildman–Crippen MR) is 51.2 cm³/mol. The molecule has 4 nitrogen and oxygen atoms in total. The molecule has 0 bridgehead atoms. The second-order valence-corrected chi connectivity index (χ2v) is 2.94. The van der Waals surface area contributed by atoms with Gasteiger partial charge in [-0.1, -0.05) is 6.58 Å². The van der Waals surface area contributed by atoms with Gasteiger partial charge in [0.15, 0.2) is 0 Å². The summed E-state index contributed by atoms with van der Waals surface area (Å²) in [5.41, 5.74) is 11.9. The zero-order valence-electron chi connectivity index (χ0n) is 7.62. The molecule has 0 aliphatic heterocycles. The molecule has 0 rings (SSSR count). The molecule has 0 aliphatic carbocycles. The van der Waals surface area contributed by atoms with Crippen molar-refractivity contribution in [3.8, 4) is 0 Å². The summed E-state index contributed by atoms with van der Waals surface area (Å²) in [7, 11) is 0. The summed E-state index contributed by atoms with van der Waals surface area (Å²) >= 11 is 0. The van der Waals surface area contributed by atoms with Gasteiger partial charge in [-0.3, -0.25) is 0 Å². The van der Waals surface area contributed by atoms with Crippen LogP contribution in [0.5, 0.6) is 0 Å². The monoisotopic (exact) mass is 184 g/mol. The molecule has 0 aromatic carbocycles. The summed E-state index contributed by atoms with van der Waals surface area (Å²) in [6, 6.07) is 0. The molecule has 0 radical (unpaired) electrons. The summed E-state index contributed by atoms with van der Waals surface area (Å²) in [6.07, 6.45) is 3.11. The van der Waals surface area contributed by atoms with Gasteiger partial charge in [0.05, 0.1) is 0 Å². The van der Waals surface area contributed by atoms with Gasteiger partial charge in [-0.05, 0) is 31.9 Å². The number of unbranched alkanes of at least 4 members (excludes halogenated alkanes) is 1. The number of carboxylic acids is 1. The molecule has 0 fully saturated rings. The molecule has 0 amide bonds. The first kappa shape index (κ1) is 11.9. The van der Waals surface area contributed by atoms with E-state index in [0.717, 1.165) is 6.42 Å². The van der Waals surface area contributed by atoms with Crippen LogP contribution in [-0.4, -0.2) is 23.2 Å². The zero-order chi connectivity index (χ0) is 10.3. The molecule has 0 saturated heterocycles. The molecule has 0 aliphatic rings. The van der Waals surface area contributed by atoms with Crippen LogP contribution >= 0.6 is 0 Å². The Morgan fingerprint density at radius 2 is 2.23 bits per heavy atom. The van der Waals surface area contributed by atoms with Crippen LogP contribution in [0, 0.1) is 0 Å². The molecule has 13 heavy (non-hydrogen) atoms. The van der Waals surface area contributed by atoms with E-state index in [1.165, 1.54) is 6.08 Å². The highest BCUT2D eigenvalue weighted by molar-refractivity contribution is 5.81. The molecule has 1 atom stereocenters. The topological polar surface area (TPSA) is 89.3 Å².